The predicted octanol–water partition coefficient (Wildman–Crippen LogP) is 9.83. The number of hydrogen-bond acceptors (Lipinski definition) is 16. The number of likely N-dealkylation sites (N-methyl/N-ethyl adjacent to an activating group) is 1. The molecule has 5 N–H and O–H groups in total. The molecule has 0 bridgehead atoms. The van der Waals surface area contributed by atoms with E-state index >= 15 is 0 Å². The number of carbonyl (C=O) groups is 11. The summed E-state index contributed by atoms with van der Waals surface area (Å²) in [7, 11) is 4.85. The molecule has 3 aromatic carbocycles. The Balaban J connectivity index is 1.03. The molecule has 4 aromatic rings. The summed E-state index contributed by atoms with van der Waals surface area (Å²) in [4.78, 5) is 165. The maximum atomic E-state index is 14.9. The van der Waals surface area contributed by atoms with Crippen molar-refractivity contribution in [1.82, 2.24) is 35.4 Å². The summed E-state index contributed by atoms with van der Waals surface area (Å²) in [6, 6.07) is 19.2. The third kappa shape index (κ3) is 21.1. The highest BCUT2D eigenvalue weighted by atomic mass is 32.1. The predicted molar refractivity (Wildman–Crippen MR) is 368 cm³/mol. The first-order chi connectivity index (χ1) is 46.1. The minimum absolute atomic E-state index is 0.0171. The van der Waals surface area contributed by atoms with Crippen molar-refractivity contribution in [3.63, 3.8) is 0 Å². The van der Waals surface area contributed by atoms with Crippen LogP contribution in [0.15, 0.2) is 90.4 Å². The van der Waals surface area contributed by atoms with Gasteiger partial charge in [0.2, 0.25) is 23.6 Å². The molecule has 9 amide bonds. The van der Waals surface area contributed by atoms with E-state index in [1.54, 1.807) is 86.8 Å². The Labute approximate surface area is 575 Å². The maximum absolute atomic E-state index is 14.9. The van der Waals surface area contributed by atoms with Crippen LogP contribution < -0.4 is 21.7 Å². The van der Waals surface area contributed by atoms with Gasteiger partial charge in [0.1, 0.15) is 12.4 Å². The van der Waals surface area contributed by atoms with Crippen LogP contribution in [0.5, 0.6) is 0 Å². The topological polar surface area (TPSA) is 303 Å². The van der Waals surface area contributed by atoms with Crippen LogP contribution in [-0.4, -0.2) is 161 Å². The number of thiazole rings is 1. The van der Waals surface area contributed by atoms with E-state index < -0.39 is 90.0 Å². The monoisotopic (exact) mass is 1360 g/mol. The molecule has 24 heteroatoms. The fourth-order valence-corrected chi connectivity index (χ4v) is 14.3. The molecule has 0 unspecified atom stereocenters. The second kappa shape index (κ2) is 36.9. The Hall–Kier alpha value is -8.22. The Morgan fingerprint density at radius 2 is 1.39 bits per heavy atom. The van der Waals surface area contributed by atoms with Gasteiger partial charge in [0.25, 0.3) is 11.8 Å². The number of ketones is 3. The van der Waals surface area contributed by atoms with Gasteiger partial charge in [-0.25, -0.2) is 14.6 Å². The third-order valence-corrected chi connectivity index (χ3v) is 19.9. The van der Waals surface area contributed by atoms with E-state index in [1.165, 1.54) is 24.1 Å². The maximum Gasteiger partial charge on any atom is 0.410 e. The number of nitrogens with two attached hydrogens (primary N) is 1. The van der Waals surface area contributed by atoms with Gasteiger partial charge in [-0.2, -0.15) is 0 Å². The number of likely N-dealkylation sites (tertiary alicyclic amines) is 1. The number of methoxy groups -OCH3 is 1. The van der Waals surface area contributed by atoms with Gasteiger partial charge < -0.3 is 45.9 Å². The van der Waals surface area contributed by atoms with Crippen LogP contribution in [-0.2, 0) is 60.9 Å². The summed E-state index contributed by atoms with van der Waals surface area (Å²) in [6.07, 6.45) is 3.72. The molecule has 2 aliphatic heterocycles. The summed E-state index contributed by atoms with van der Waals surface area (Å²) in [5.41, 5.74) is 7.54. The molecule has 97 heavy (non-hydrogen) atoms. The number of aromatic nitrogens is 1. The zero-order valence-electron chi connectivity index (χ0n) is 58.6. The normalized spacial score (nSPS) is 16.9. The fourth-order valence-electron chi connectivity index (χ4n) is 13.6. The summed E-state index contributed by atoms with van der Waals surface area (Å²) in [5, 5.41) is 11.3. The molecule has 11 atom stereocenters. The molecule has 23 nitrogen and oxygen atoms in total. The number of amides is 9. The number of urea groups is 1. The smallest absolute Gasteiger partial charge is 0.410 e. The molecule has 528 valence electrons. The van der Waals surface area contributed by atoms with E-state index in [4.69, 9.17) is 20.0 Å². The fraction of sp³-hybridized carbons (Fsp3) is 0.562. The molecule has 2 aliphatic rings. The van der Waals surface area contributed by atoms with E-state index in [-0.39, 0.29) is 128 Å². The number of Topliss-reactive ketones (excluding diaryl/α,β-unsaturated/α-hetero) is 3. The zero-order chi connectivity index (χ0) is 71.4. The number of hydrogen-bond donors (Lipinski definition) is 4. The number of carbonyl (C=O) groups excluding carboxylic acids is 11. The lowest BCUT2D eigenvalue weighted by molar-refractivity contribution is -0.145. The van der Waals surface area contributed by atoms with Gasteiger partial charge in [-0.05, 0) is 97.1 Å². The Bertz CT molecular complexity index is 3310. The van der Waals surface area contributed by atoms with Crippen molar-refractivity contribution in [1.29, 1.82) is 0 Å². The molecule has 0 radical (unpaired) electrons. The Kier molecular flexibility index (Phi) is 29.6. The van der Waals surface area contributed by atoms with E-state index in [0.717, 1.165) is 23.4 Å². The average molecular weight is 1360 g/mol. The lowest BCUT2D eigenvalue weighted by Crippen LogP contribution is -2.52. The molecule has 3 heterocycles. The number of imide groups is 1. The summed E-state index contributed by atoms with van der Waals surface area (Å²) < 4.78 is 11.9. The summed E-state index contributed by atoms with van der Waals surface area (Å²) >= 11 is 1.54. The van der Waals surface area contributed by atoms with Crippen molar-refractivity contribution in [2.45, 2.75) is 176 Å². The van der Waals surface area contributed by atoms with Crippen LogP contribution in [0.3, 0.4) is 0 Å². The SMILES string of the molecule is CC[C@H](C)[C@@H]([C@H](C)CC(=O)N1CCC[C@H]1[C@H](OC)[C@@H](C)C(=O)C[C@@H](Cc1ccccc1)c1nccs1)N(C)C(=O)[C@@H](CC(=O)[C@H](C(C)C)N(C)C(=O)OCc1ccc(NC(=O)[C@H](CCCNC(N)=O)CC(=O)[C@@H](NC(=O)CON2C(=O)c3ccccc3C2=O)C(C)C)cc1)C(C)C. The molecule has 0 aliphatic carbocycles. The van der Waals surface area contributed by atoms with Gasteiger partial charge in [-0.15, -0.1) is 16.4 Å². The molecule has 1 aromatic heterocycles. The second-order valence-electron chi connectivity index (χ2n) is 27.1. The Morgan fingerprint density at radius 3 is 1.97 bits per heavy atom. The molecular weight excluding hydrogens is 1260 g/mol. The first kappa shape index (κ1) is 77.8. The van der Waals surface area contributed by atoms with Gasteiger partial charge in [-0.3, -0.25) is 48.0 Å². The standard InChI is InChI=1S/C73H101N9O14S/c1-14-46(8)65(47(9)36-62(87)81-34-21-27-57(81)66(94-13)48(10)58(83)39-52(68-75-33-35-97-68)37-49-22-16-15-17-23-49)79(11)69(89)56(43(2)3)40-60(85)64(45(6)7)80(12)73(93)95-41-50-28-30-53(31-29-50)77-67(88)51(24-20-32-76-72(74)92)38-59(84)63(44(4)5)78-61(86)42-96-82-70(90)54-25-18-19-26-55(54)71(82)91/h15-19,22-23,25-26,28-31,33,35,43-48,51-52,56-57,63-66H,14,20-21,24,27,32,34,36-42H2,1-13H3,(H,77,88)(H,78,86)(H3,74,76,92)/t46-,47+,48-,51+,52+,56-,57-,63-,64-,65-,66+/m0/s1. The second-order valence-corrected chi connectivity index (χ2v) is 28.0. The van der Waals surface area contributed by atoms with Crippen LogP contribution in [0.25, 0.3) is 0 Å². The Morgan fingerprint density at radius 1 is 0.742 bits per heavy atom. The van der Waals surface area contributed by atoms with Crippen molar-refractivity contribution in [3.05, 3.63) is 118 Å². The first-order valence-electron chi connectivity index (χ1n) is 33.9. The number of rotatable bonds is 38. The van der Waals surface area contributed by atoms with Crippen LogP contribution in [0.4, 0.5) is 15.3 Å². The number of nitrogens with zero attached hydrogens (tertiary/aromatic N) is 5. The quantitative estimate of drug-likeness (QED) is 0.0240. The van der Waals surface area contributed by atoms with E-state index in [1.807, 2.05) is 76.9 Å². The van der Waals surface area contributed by atoms with Crippen molar-refractivity contribution in [2.75, 3.05) is 46.2 Å². The van der Waals surface area contributed by atoms with E-state index in [9.17, 15) is 52.7 Å². The van der Waals surface area contributed by atoms with Crippen molar-refractivity contribution in [3.8, 4) is 0 Å². The number of nitrogens with one attached hydrogen (secondary N) is 3. The third-order valence-electron chi connectivity index (χ3n) is 19.0. The number of fused-ring (bicyclic) bond motifs is 1. The van der Waals surface area contributed by atoms with Crippen molar-refractivity contribution >= 4 is 81.9 Å². The van der Waals surface area contributed by atoms with Gasteiger partial charge in [0, 0.05) is 107 Å². The zero-order valence-corrected chi connectivity index (χ0v) is 59.4. The summed E-state index contributed by atoms with van der Waals surface area (Å²) in [6.45, 7) is 18.6. The van der Waals surface area contributed by atoms with Crippen LogP contribution in [0.1, 0.15) is 170 Å². The lowest BCUT2D eigenvalue weighted by atomic mass is 9.82. The molecule has 0 spiro atoms. The number of benzene rings is 3. The first-order valence-corrected chi connectivity index (χ1v) is 34.8. The van der Waals surface area contributed by atoms with Gasteiger partial charge in [-0.1, -0.05) is 130 Å². The van der Waals surface area contributed by atoms with Gasteiger partial charge in [0.05, 0.1) is 40.4 Å². The van der Waals surface area contributed by atoms with E-state index in [2.05, 4.69) is 40.0 Å². The number of anilines is 1. The lowest BCUT2D eigenvalue weighted by Gasteiger charge is -2.40. The van der Waals surface area contributed by atoms with E-state index in [0.29, 0.717) is 35.7 Å². The highest BCUT2D eigenvalue weighted by Crippen LogP contribution is 2.35. The highest BCUT2D eigenvalue weighted by Gasteiger charge is 2.44. The molecular formula is C73H101N9O14S. The molecule has 1 saturated heterocycles. The number of primary amides is 1. The number of hydroxylamine groups is 2. The molecule has 6 rings (SSSR count). The van der Waals surface area contributed by atoms with Crippen molar-refractivity contribution in [2.24, 2.45) is 53.1 Å². The minimum atomic E-state index is -1.08. The minimum Gasteiger partial charge on any atom is -0.445 e. The number of ether oxygens (including phenoxy) is 2. The van der Waals surface area contributed by atoms with Crippen LogP contribution >= 0.6 is 11.3 Å². The highest BCUT2D eigenvalue weighted by molar-refractivity contribution is 7.09. The van der Waals surface area contributed by atoms with Crippen LogP contribution in [0, 0.1) is 47.3 Å². The average Bonchev–Trinajstić information content (AvgIpc) is 1.81. The van der Waals surface area contributed by atoms with Crippen molar-refractivity contribution < 1.29 is 67.1 Å². The molecule has 1 fully saturated rings. The van der Waals surface area contributed by atoms with Crippen LogP contribution in [0.2, 0.25) is 0 Å². The summed E-state index contributed by atoms with van der Waals surface area (Å²) in [5.74, 6) is -7.45. The van der Waals surface area contributed by atoms with Gasteiger partial charge >= 0.3 is 12.1 Å². The molecule has 0 saturated carbocycles. The van der Waals surface area contributed by atoms with Gasteiger partial charge in [0.15, 0.2) is 18.2 Å². The largest absolute Gasteiger partial charge is 0.445 e.